The van der Waals surface area contributed by atoms with E-state index in [9.17, 15) is 0 Å². The van der Waals surface area contributed by atoms with Crippen molar-refractivity contribution in [3.05, 3.63) is 77.4 Å². The van der Waals surface area contributed by atoms with Crippen molar-refractivity contribution in [3.8, 4) is 5.75 Å². The molecule has 1 aliphatic heterocycles. The van der Waals surface area contributed by atoms with Gasteiger partial charge in [0.15, 0.2) is 5.11 Å². The van der Waals surface area contributed by atoms with E-state index in [0.717, 1.165) is 23.7 Å². The van der Waals surface area contributed by atoms with Crippen molar-refractivity contribution in [2.45, 2.75) is 59.4 Å². The Kier molecular flexibility index (Phi) is 6.01. The molecule has 5 nitrogen and oxygen atoms in total. The van der Waals surface area contributed by atoms with E-state index in [1.807, 2.05) is 44.3 Å². The summed E-state index contributed by atoms with van der Waals surface area (Å²) in [5.41, 5.74) is 5.82. The zero-order valence-electron chi connectivity index (χ0n) is 18.8. The molecule has 0 radical (unpaired) electrons. The maximum absolute atomic E-state index is 5.84. The third-order valence-electron chi connectivity index (χ3n) is 5.83. The summed E-state index contributed by atoms with van der Waals surface area (Å²) in [5, 5.41) is 4.25. The second-order valence-electron chi connectivity index (χ2n) is 8.23. The fourth-order valence-electron chi connectivity index (χ4n) is 4.52. The van der Waals surface area contributed by atoms with Crippen LogP contribution in [0.2, 0.25) is 0 Å². The van der Waals surface area contributed by atoms with E-state index in [0.29, 0.717) is 5.11 Å². The summed E-state index contributed by atoms with van der Waals surface area (Å²) in [6.07, 6.45) is 1.98. The number of aromatic nitrogens is 2. The number of aryl methyl sites for hydroxylation is 1. The molecule has 4 rings (SSSR count). The van der Waals surface area contributed by atoms with Crippen LogP contribution in [0.4, 0.5) is 5.69 Å². The number of anilines is 1. The van der Waals surface area contributed by atoms with Crippen molar-refractivity contribution in [3.63, 3.8) is 0 Å². The van der Waals surface area contributed by atoms with Crippen LogP contribution in [0.1, 0.15) is 55.5 Å². The van der Waals surface area contributed by atoms with Crippen LogP contribution < -0.4 is 15.0 Å². The van der Waals surface area contributed by atoms with E-state index in [1.54, 1.807) is 0 Å². The molecule has 2 atom stereocenters. The highest BCUT2D eigenvalue weighted by molar-refractivity contribution is 7.80. The number of hydrogen-bond acceptors (Lipinski definition) is 3. The van der Waals surface area contributed by atoms with Crippen LogP contribution in [0, 0.1) is 13.8 Å². The summed E-state index contributed by atoms with van der Waals surface area (Å²) in [4.78, 5) is 6.87. The number of benzene rings is 1. The number of nitrogens with one attached hydrogen (secondary N) is 1. The molecule has 3 heterocycles. The molecule has 0 aliphatic carbocycles. The predicted octanol–water partition coefficient (Wildman–Crippen LogP) is 5.48. The number of hydrogen-bond donors (Lipinski definition) is 1. The van der Waals surface area contributed by atoms with Crippen LogP contribution in [0.25, 0.3) is 0 Å². The molecular formula is C25H30N4OS. The van der Waals surface area contributed by atoms with Crippen LogP contribution in [0.5, 0.6) is 5.75 Å². The Morgan fingerprint density at radius 3 is 2.45 bits per heavy atom. The average Bonchev–Trinajstić information content (AvgIpc) is 3.24. The maximum Gasteiger partial charge on any atom is 0.174 e. The van der Waals surface area contributed by atoms with Gasteiger partial charge in [0, 0.05) is 29.8 Å². The fraction of sp³-hybridized carbons (Fsp3) is 0.360. The molecule has 0 spiro atoms. The largest absolute Gasteiger partial charge is 0.491 e. The Morgan fingerprint density at radius 1 is 1.13 bits per heavy atom. The second kappa shape index (κ2) is 8.71. The van der Waals surface area contributed by atoms with Gasteiger partial charge < -0.3 is 19.5 Å². The lowest BCUT2D eigenvalue weighted by atomic mass is 9.96. The van der Waals surface area contributed by atoms with Crippen molar-refractivity contribution in [2.75, 3.05) is 4.90 Å². The molecule has 0 bridgehead atoms. The van der Waals surface area contributed by atoms with E-state index in [-0.39, 0.29) is 18.2 Å². The normalized spacial score (nSPS) is 18.5. The number of thiocarbonyl (C=S) groups is 1. The summed E-state index contributed by atoms with van der Waals surface area (Å²) in [6.45, 7) is 11.6. The topological polar surface area (TPSA) is 42.3 Å². The van der Waals surface area contributed by atoms with Crippen molar-refractivity contribution >= 4 is 23.0 Å². The SMILES string of the molecule is CCn1c(C)cc([C@@H]2[C@@H](c3ccccn3)NC(=S)N2c2ccc(OC(C)C)cc2)c1C. The molecule has 1 aliphatic rings. The van der Waals surface area contributed by atoms with Crippen molar-refractivity contribution in [1.82, 2.24) is 14.9 Å². The lowest BCUT2D eigenvalue weighted by Crippen LogP contribution is -2.29. The van der Waals surface area contributed by atoms with Gasteiger partial charge in [-0.15, -0.1) is 0 Å². The number of ether oxygens (including phenoxy) is 1. The van der Waals surface area contributed by atoms with Gasteiger partial charge in [-0.1, -0.05) is 6.07 Å². The standard InChI is InChI=1S/C25H30N4OS/c1-6-28-17(4)15-21(18(28)5)24-23(22-9-7-8-14-26-22)27-25(31)29(24)19-10-12-20(13-11-19)30-16(2)3/h7-16,23-24H,6H2,1-5H3,(H,27,31)/t23-,24-/m1/s1. The molecule has 1 fully saturated rings. The van der Waals surface area contributed by atoms with E-state index in [4.69, 9.17) is 17.0 Å². The summed E-state index contributed by atoms with van der Waals surface area (Å²) in [7, 11) is 0. The molecular weight excluding hydrogens is 404 g/mol. The van der Waals surface area contributed by atoms with E-state index < -0.39 is 0 Å². The minimum Gasteiger partial charge on any atom is -0.491 e. The first-order valence-corrected chi connectivity index (χ1v) is 11.3. The third kappa shape index (κ3) is 4.04. The highest BCUT2D eigenvalue weighted by Gasteiger charge is 2.42. The monoisotopic (exact) mass is 434 g/mol. The highest BCUT2D eigenvalue weighted by Crippen LogP contribution is 2.43. The van der Waals surface area contributed by atoms with Crippen molar-refractivity contribution < 1.29 is 4.74 Å². The summed E-state index contributed by atoms with van der Waals surface area (Å²) in [5.74, 6) is 0.860. The van der Waals surface area contributed by atoms with Crippen molar-refractivity contribution in [1.29, 1.82) is 0 Å². The minimum absolute atomic E-state index is 0.00534. The first-order chi connectivity index (χ1) is 14.9. The molecule has 162 valence electrons. The highest BCUT2D eigenvalue weighted by atomic mass is 32.1. The first kappa shape index (κ1) is 21.4. The Balaban J connectivity index is 1.80. The van der Waals surface area contributed by atoms with Crippen LogP contribution in [-0.2, 0) is 6.54 Å². The zero-order valence-corrected chi connectivity index (χ0v) is 19.6. The van der Waals surface area contributed by atoms with Gasteiger partial charge >= 0.3 is 0 Å². The molecule has 31 heavy (non-hydrogen) atoms. The van der Waals surface area contributed by atoms with E-state index in [1.165, 1.54) is 17.0 Å². The molecule has 0 unspecified atom stereocenters. The Hall–Kier alpha value is -2.86. The number of nitrogens with zero attached hydrogens (tertiary/aromatic N) is 3. The summed E-state index contributed by atoms with van der Waals surface area (Å²) in [6, 6.07) is 16.5. The lowest BCUT2D eigenvalue weighted by molar-refractivity contribution is 0.242. The van der Waals surface area contributed by atoms with Gasteiger partial charge in [-0.25, -0.2) is 0 Å². The molecule has 3 aromatic rings. The molecule has 1 saturated heterocycles. The molecule has 2 aromatic heterocycles. The molecule has 1 aromatic carbocycles. The lowest BCUT2D eigenvalue weighted by Gasteiger charge is -2.28. The van der Waals surface area contributed by atoms with Gasteiger partial charge in [-0.05, 0) is 94.9 Å². The zero-order chi connectivity index (χ0) is 22.1. The summed E-state index contributed by atoms with van der Waals surface area (Å²) < 4.78 is 8.18. The first-order valence-electron chi connectivity index (χ1n) is 10.8. The Morgan fingerprint density at radius 2 is 1.87 bits per heavy atom. The van der Waals surface area contributed by atoms with Crippen LogP contribution in [0.3, 0.4) is 0 Å². The summed E-state index contributed by atoms with van der Waals surface area (Å²) >= 11 is 5.84. The van der Waals surface area contributed by atoms with Gasteiger partial charge in [-0.3, -0.25) is 4.98 Å². The van der Waals surface area contributed by atoms with Crippen LogP contribution in [-0.4, -0.2) is 20.8 Å². The van der Waals surface area contributed by atoms with E-state index in [2.05, 4.69) is 64.8 Å². The molecule has 1 N–H and O–H groups in total. The molecule has 0 saturated carbocycles. The third-order valence-corrected chi connectivity index (χ3v) is 6.15. The van der Waals surface area contributed by atoms with Gasteiger partial charge in [0.1, 0.15) is 5.75 Å². The fourth-order valence-corrected chi connectivity index (χ4v) is 4.87. The van der Waals surface area contributed by atoms with Gasteiger partial charge in [0.05, 0.1) is 23.9 Å². The van der Waals surface area contributed by atoms with Crippen LogP contribution in [0.15, 0.2) is 54.7 Å². The number of pyridine rings is 1. The predicted molar refractivity (Wildman–Crippen MR) is 130 cm³/mol. The Bertz CT molecular complexity index is 1060. The van der Waals surface area contributed by atoms with Crippen molar-refractivity contribution in [2.24, 2.45) is 0 Å². The van der Waals surface area contributed by atoms with Crippen LogP contribution >= 0.6 is 12.2 Å². The number of rotatable bonds is 6. The minimum atomic E-state index is -0.0360. The van der Waals surface area contributed by atoms with Gasteiger partial charge in [0.25, 0.3) is 0 Å². The molecule has 6 heteroatoms. The maximum atomic E-state index is 5.84. The Labute approximate surface area is 190 Å². The average molecular weight is 435 g/mol. The smallest absolute Gasteiger partial charge is 0.174 e. The quantitative estimate of drug-likeness (QED) is 0.520. The van der Waals surface area contributed by atoms with E-state index >= 15 is 0 Å². The van der Waals surface area contributed by atoms with Gasteiger partial charge in [0.2, 0.25) is 0 Å². The second-order valence-corrected chi connectivity index (χ2v) is 8.61. The van der Waals surface area contributed by atoms with Gasteiger partial charge in [-0.2, -0.15) is 0 Å². The molecule has 0 amide bonds.